The maximum atomic E-state index is 6.43. The predicted octanol–water partition coefficient (Wildman–Crippen LogP) is 11.2. The van der Waals surface area contributed by atoms with Crippen LogP contribution in [0.5, 0.6) is 0 Å². The number of hydrogen-bond acceptors (Lipinski definition) is 5. The predicted molar refractivity (Wildman–Crippen MR) is 227 cm³/mol. The van der Waals surface area contributed by atoms with Crippen LogP contribution >= 0.6 is 0 Å². The first kappa shape index (κ1) is 30.3. The number of rotatable bonds is 4. The second kappa shape index (κ2) is 11.2. The number of benzene rings is 4. The maximum Gasteiger partial charge on any atom is 0.231 e. The summed E-state index contributed by atoms with van der Waals surface area (Å²) in [6, 6.07) is 50.5. The Morgan fingerprint density at radius 1 is 0.333 bits per heavy atom. The molecule has 0 bridgehead atoms. The van der Waals surface area contributed by atoms with Crippen LogP contribution in [0.15, 0.2) is 175 Å². The molecule has 0 unspecified atom stereocenters. The molecule has 9 heterocycles. The Bertz CT molecular complexity index is 3430. The van der Waals surface area contributed by atoms with Crippen LogP contribution in [0.3, 0.4) is 0 Å². The lowest BCUT2D eigenvalue weighted by Gasteiger charge is -2.09. The van der Waals surface area contributed by atoms with Crippen molar-refractivity contribution in [1.82, 2.24) is 38.2 Å². The van der Waals surface area contributed by atoms with Gasteiger partial charge in [-0.2, -0.15) is 9.97 Å². The molecule has 0 aliphatic rings. The number of fused-ring (bicyclic) bond motifs is 11. The Balaban J connectivity index is 0.912. The molecule has 0 fully saturated rings. The Labute approximate surface area is 322 Å². The molecule has 0 spiro atoms. The molecule has 0 amide bonds. The van der Waals surface area contributed by atoms with Gasteiger partial charge in [-0.3, -0.25) is 9.13 Å². The minimum atomic E-state index is 0.529. The van der Waals surface area contributed by atoms with Gasteiger partial charge in [0.2, 0.25) is 11.4 Å². The minimum absolute atomic E-state index is 0.529. The van der Waals surface area contributed by atoms with Crippen molar-refractivity contribution in [2.45, 2.75) is 0 Å². The van der Waals surface area contributed by atoms with E-state index in [-0.39, 0.29) is 0 Å². The van der Waals surface area contributed by atoms with Gasteiger partial charge in [0.15, 0.2) is 0 Å². The lowest BCUT2D eigenvalue weighted by Crippen LogP contribution is -1.99. The van der Waals surface area contributed by atoms with E-state index in [2.05, 4.69) is 152 Å². The molecular formula is C48H28N8O. The zero-order chi connectivity index (χ0) is 37.2. The standard InChI is InChI=1S/C48H28N8O/c1-5-13-39-29(9-1)30-10-2-6-14-40(30)55(39)45-35-23-27-53(37(35)21-25-49-45)43-19-17-33-34-18-20-44(52-48(34)57-47(33)51-43)54-28-24-36-38(54)22-26-50-46(36)56-41-15-7-3-11-31(41)32-12-4-8-16-42(32)56/h1-28H. The van der Waals surface area contributed by atoms with Crippen molar-refractivity contribution in [2.75, 3.05) is 0 Å². The third-order valence-corrected chi connectivity index (χ3v) is 11.4. The normalized spacial score (nSPS) is 12.2. The van der Waals surface area contributed by atoms with Crippen LogP contribution in [0.1, 0.15) is 0 Å². The minimum Gasteiger partial charge on any atom is -0.419 e. The zero-order valence-electron chi connectivity index (χ0n) is 30.2. The number of aromatic nitrogens is 8. The first-order valence-electron chi connectivity index (χ1n) is 18.9. The average Bonchev–Trinajstić information content (AvgIpc) is 4.09. The topological polar surface area (TPSA) is 84.4 Å². The van der Waals surface area contributed by atoms with Gasteiger partial charge in [-0.05, 0) is 72.8 Å². The number of hydrogen-bond donors (Lipinski definition) is 0. The number of nitrogens with zero attached hydrogens (tertiary/aromatic N) is 8. The van der Waals surface area contributed by atoms with E-state index in [1.807, 2.05) is 36.7 Å². The van der Waals surface area contributed by atoms with Gasteiger partial charge in [0.1, 0.15) is 23.3 Å². The van der Waals surface area contributed by atoms with Crippen molar-refractivity contribution in [3.63, 3.8) is 0 Å². The van der Waals surface area contributed by atoms with Crippen LogP contribution in [-0.4, -0.2) is 38.2 Å². The van der Waals surface area contributed by atoms with E-state index in [4.69, 9.17) is 24.4 Å². The van der Waals surface area contributed by atoms with Gasteiger partial charge in [0.25, 0.3) is 0 Å². The summed E-state index contributed by atoms with van der Waals surface area (Å²) in [7, 11) is 0. The summed E-state index contributed by atoms with van der Waals surface area (Å²) in [5.74, 6) is 3.25. The summed E-state index contributed by atoms with van der Waals surface area (Å²) in [6.07, 6.45) is 7.85. The quantitative estimate of drug-likeness (QED) is 0.180. The summed E-state index contributed by atoms with van der Waals surface area (Å²) < 4.78 is 15.1. The van der Waals surface area contributed by atoms with Gasteiger partial charge >= 0.3 is 0 Å². The molecule has 9 aromatic heterocycles. The van der Waals surface area contributed by atoms with Crippen LogP contribution in [0.2, 0.25) is 0 Å². The van der Waals surface area contributed by atoms with Gasteiger partial charge in [-0.15, -0.1) is 0 Å². The molecule has 0 N–H and O–H groups in total. The second-order valence-corrected chi connectivity index (χ2v) is 14.4. The Morgan fingerprint density at radius 3 is 1.12 bits per heavy atom. The zero-order valence-corrected chi connectivity index (χ0v) is 30.2. The molecule has 9 heteroatoms. The van der Waals surface area contributed by atoms with E-state index >= 15 is 0 Å². The van der Waals surface area contributed by atoms with Gasteiger partial charge < -0.3 is 13.6 Å². The fraction of sp³-hybridized carbons (Fsp3) is 0. The molecule has 4 aromatic carbocycles. The third-order valence-electron chi connectivity index (χ3n) is 11.4. The highest BCUT2D eigenvalue weighted by Gasteiger charge is 2.20. The van der Waals surface area contributed by atoms with E-state index in [1.165, 1.54) is 21.5 Å². The summed E-state index contributed by atoms with van der Waals surface area (Å²) >= 11 is 0. The van der Waals surface area contributed by atoms with Crippen LogP contribution < -0.4 is 0 Å². The molecule has 0 saturated carbocycles. The Kier molecular flexibility index (Phi) is 5.98. The monoisotopic (exact) mass is 732 g/mol. The van der Waals surface area contributed by atoms with Gasteiger partial charge in [0.05, 0.1) is 43.9 Å². The summed E-state index contributed by atoms with van der Waals surface area (Å²) in [6.45, 7) is 0. The first-order valence-corrected chi connectivity index (χ1v) is 18.9. The lowest BCUT2D eigenvalue weighted by atomic mass is 10.2. The van der Waals surface area contributed by atoms with Crippen LogP contribution in [0.4, 0.5) is 0 Å². The molecule has 0 atom stereocenters. The van der Waals surface area contributed by atoms with Crippen molar-refractivity contribution in [3.8, 4) is 23.3 Å². The molecule has 9 nitrogen and oxygen atoms in total. The SMILES string of the molecule is c1ccc2c(c1)c1ccccc1n2-c1nccc2c1ccn2-c1ccc2c(n1)oc1nc(-n3ccc4c(-n5c6ccccc6c6ccccc65)nccc43)ccc12. The lowest BCUT2D eigenvalue weighted by molar-refractivity contribution is 0.638. The molecule has 13 rings (SSSR count). The molecule has 0 saturated heterocycles. The van der Waals surface area contributed by atoms with Crippen LogP contribution in [0.25, 0.3) is 111 Å². The van der Waals surface area contributed by atoms with Gasteiger partial charge in [0, 0.05) is 57.1 Å². The number of pyridine rings is 4. The van der Waals surface area contributed by atoms with Crippen molar-refractivity contribution < 1.29 is 4.42 Å². The molecule has 0 aliphatic carbocycles. The maximum absolute atomic E-state index is 6.43. The van der Waals surface area contributed by atoms with Crippen LogP contribution in [-0.2, 0) is 0 Å². The van der Waals surface area contributed by atoms with Crippen molar-refractivity contribution in [2.24, 2.45) is 0 Å². The molecular weight excluding hydrogens is 705 g/mol. The van der Waals surface area contributed by atoms with Gasteiger partial charge in [-0.1, -0.05) is 72.8 Å². The smallest absolute Gasteiger partial charge is 0.231 e. The number of furan rings is 1. The van der Waals surface area contributed by atoms with E-state index < -0.39 is 0 Å². The summed E-state index contributed by atoms with van der Waals surface area (Å²) in [5, 5.41) is 8.67. The van der Waals surface area contributed by atoms with Crippen molar-refractivity contribution >= 4 is 87.6 Å². The molecule has 0 aliphatic heterocycles. The Hall–Kier alpha value is -8.04. The molecule has 57 heavy (non-hydrogen) atoms. The van der Waals surface area contributed by atoms with Crippen molar-refractivity contribution in [3.05, 3.63) is 170 Å². The first-order chi connectivity index (χ1) is 28.3. The largest absolute Gasteiger partial charge is 0.419 e. The van der Waals surface area contributed by atoms with E-state index in [9.17, 15) is 0 Å². The van der Waals surface area contributed by atoms with E-state index in [0.717, 1.165) is 77.9 Å². The number of para-hydroxylation sites is 4. The van der Waals surface area contributed by atoms with Crippen molar-refractivity contribution in [1.29, 1.82) is 0 Å². The van der Waals surface area contributed by atoms with Crippen LogP contribution in [0, 0.1) is 0 Å². The summed E-state index contributed by atoms with van der Waals surface area (Å²) in [4.78, 5) is 19.9. The van der Waals surface area contributed by atoms with Gasteiger partial charge in [-0.25, -0.2) is 9.97 Å². The highest BCUT2D eigenvalue weighted by atomic mass is 16.3. The Morgan fingerprint density at radius 2 is 0.719 bits per heavy atom. The molecule has 266 valence electrons. The van der Waals surface area contributed by atoms with E-state index in [0.29, 0.717) is 11.4 Å². The third kappa shape index (κ3) is 4.16. The van der Waals surface area contributed by atoms with E-state index in [1.54, 1.807) is 0 Å². The average molecular weight is 733 g/mol. The fourth-order valence-electron chi connectivity index (χ4n) is 8.95. The summed E-state index contributed by atoms with van der Waals surface area (Å²) in [5.41, 5.74) is 7.53. The highest BCUT2D eigenvalue weighted by molar-refractivity contribution is 6.11. The second-order valence-electron chi connectivity index (χ2n) is 14.4. The molecule has 0 radical (unpaired) electrons. The highest BCUT2D eigenvalue weighted by Crippen LogP contribution is 2.37. The molecule has 13 aromatic rings. The fourth-order valence-corrected chi connectivity index (χ4v) is 8.95.